The summed E-state index contributed by atoms with van der Waals surface area (Å²) < 4.78 is 11.7. The second kappa shape index (κ2) is 6.66. The Bertz CT molecular complexity index is 568. The Balaban J connectivity index is 2.18. The van der Waals surface area contributed by atoms with Crippen LogP contribution in [0, 0.1) is 0 Å². The van der Waals surface area contributed by atoms with Crippen molar-refractivity contribution in [2.75, 3.05) is 6.61 Å². The van der Waals surface area contributed by atoms with Crippen molar-refractivity contribution in [1.82, 2.24) is 0 Å². The van der Waals surface area contributed by atoms with Crippen LogP contribution in [0.25, 0.3) is 0 Å². The Morgan fingerprint density at radius 1 is 0.857 bits per heavy atom. The van der Waals surface area contributed by atoms with Crippen LogP contribution < -0.4 is 9.47 Å². The number of hydrogen-bond acceptors (Lipinski definition) is 2. The van der Waals surface area contributed by atoms with Crippen LogP contribution in [0.15, 0.2) is 48.5 Å². The van der Waals surface area contributed by atoms with Gasteiger partial charge in [-0.3, -0.25) is 0 Å². The summed E-state index contributed by atoms with van der Waals surface area (Å²) in [5, 5.41) is 0. The molecule has 112 valence electrons. The minimum Gasteiger partial charge on any atom is -0.490 e. The molecule has 2 aromatic rings. The average Bonchev–Trinajstić information content (AvgIpc) is 2.46. The van der Waals surface area contributed by atoms with E-state index in [0.717, 1.165) is 17.1 Å². The third-order valence-electron chi connectivity index (χ3n) is 3.35. The Morgan fingerprint density at radius 2 is 1.57 bits per heavy atom. The van der Waals surface area contributed by atoms with Crippen molar-refractivity contribution in [3.05, 3.63) is 59.7 Å². The van der Waals surface area contributed by atoms with Gasteiger partial charge in [-0.1, -0.05) is 57.2 Å². The van der Waals surface area contributed by atoms with Gasteiger partial charge in [-0.15, -0.1) is 0 Å². The van der Waals surface area contributed by atoms with Gasteiger partial charge in [-0.25, -0.2) is 0 Å². The van der Waals surface area contributed by atoms with Crippen molar-refractivity contribution < 1.29 is 9.47 Å². The van der Waals surface area contributed by atoms with Crippen LogP contribution in [0.4, 0.5) is 0 Å². The fraction of sp³-hybridized carbons (Fsp3) is 0.368. The van der Waals surface area contributed by atoms with Crippen LogP contribution in [-0.2, 0) is 12.0 Å². The molecule has 2 aromatic carbocycles. The van der Waals surface area contributed by atoms with Crippen molar-refractivity contribution in [2.45, 2.75) is 39.7 Å². The van der Waals surface area contributed by atoms with E-state index in [1.165, 1.54) is 5.56 Å². The second-order valence-corrected chi connectivity index (χ2v) is 6.12. The van der Waals surface area contributed by atoms with Crippen molar-refractivity contribution in [3.8, 4) is 11.5 Å². The zero-order chi connectivity index (χ0) is 15.3. The van der Waals surface area contributed by atoms with Gasteiger partial charge in [-0.05, 0) is 35.6 Å². The van der Waals surface area contributed by atoms with Crippen molar-refractivity contribution in [3.63, 3.8) is 0 Å². The van der Waals surface area contributed by atoms with Gasteiger partial charge in [0.05, 0.1) is 6.61 Å². The lowest BCUT2D eigenvalue weighted by atomic mass is 9.87. The maximum Gasteiger partial charge on any atom is 0.161 e. The minimum atomic E-state index is 0.101. The van der Waals surface area contributed by atoms with Crippen molar-refractivity contribution in [2.24, 2.45) is 0 Å². The zero-order valence-corrected chi connectivity index (χ0v) is 13.3. The summed E-state index contributed by atoms with van der Waals surface area (Å²) in [6, 6.07) is 16.4. The molecule has 0 radical (unpaired) electrons. The van der Waals surface area contributed by atoms with Crippen LogP contribution in [-0.4, -0.2) is 6.61 Å². The van der Waals surface area contributed by atoms with Gasteiger partial charge in [-0.2, -0.15) is 0 Å². The lowest BCUT2D eigenvalue weighted by Crippen LogP contribution is -2.11. The summed E-state index contributed by atoms with van der Waals surface area (Å²) in [6.45, 7) is 9.77. The molecule has 0 fully saturated rings. The molecule has 0 aromatic heterocycles. The third kappa shape index (κ3) is 4.25. The summed E-state index contributed by atoms with van der Waals surface area (Å²) >= 11 is 0. The molecule has 0 heterocycles. The van der Waals surface area contributed by atoms with Gasteiger partial charge < -0.3 is 9.47 Å². The van der Waals surface area contributed by atoms with Crippen LogP contribution in [0.3, 0.4) is 0 Å². The standard InChI is InChI=1S/C19H24O2/c1-5-20-18-13-16(19(2,3)4)11-12-17(18)21-14-15-9-7-6-8-10-15/h6-13H,5,14H2,1-4H3. The second-order valence-electron chi connectivity index (χ2n) is 6.12. The monoisotopic (exact) mass is 284 g/mol. The molecule has 0 unspecified atom stereocenters. The smallest absolute Gasteiger partial charge is 0.161 e. The molecule has 2 rings (SSSR count). The van der Waals surface area contributed by atoms with Gasteiger partial charge >= 0.3 is 0 Å². The van der Waals surface area contributed by atoms with Gasteiger partial charge in [0.25, 0.3) is 0 Å². The SMILES string of the molecule is CCOc1cc(C(C)(C)C)ccc1OCc1ccccc1. The first-order chi connectivity index (χ1) is 10.0. The molecule has 0 N–H and O–H groups in total. The van der Waals surface area contributed by atoms with E-state index in [-0.39, 0.29) is 5.41 Å². The largest absolute Gasteiger partial charge is 0.490 e. The molecular weight excluding hydrogens is 260 g/mol. The van der Waals surface area contributed by atoms with E-state index in [1.54, 1.807) is 0 Å². The van der Waals surface area contributed by atoms with E-state index in [4.69, 9.17) is 9.47 Å². The first-order valence-electron chi connectivity index (χ1n) is 7.44. The lowest BCUT2D eigenvalue weighted by Gasteiger charge is -2.21. The molecule has 0 amide bonds. The molecular formula is C19H24O2. The Labute approximate surface area is 127 Å². The van der Waals surface area contributed by atoms with Crippen molar-refractivity contribution in [1.29, 1.82) is 0 Å². The molecule has 2 heteroatoms. The van der Waals surface area contributed by atoms with Crippen LogP contribution in [0.2, 0.25) is 0 Å². The fourth-order valence-corrected chi connectivity index (χ4v) is 2.10. The maximum absolute atomic E-state index is 5.92. The molecule has 0 atom stereocenters. The quantitative estimate of drug-likeness (QED) is 0.772. The molecule has 0 aliphatic carbocycles. The van der Waals surface area contributed by atoms with Crippen molar-refractivity contribution >= 4 is 0 Å². The molecule has 0 spiro atoms. The first kappa shape index (κ1) is 15.4. The highest BCUT2D eigenvalue weighted by Crippen LogP contribution is 2.33. The highest BCUT2D eigenvalue weighted by Gasteiger charge is 2.16. The molecule has 2 nitrogen and oxygen atoms in total. The Morgan fingerprint density at radius 3 is 2.19 bits per heavy atom. The molecule has 0 saturated heterocycles. The summed E-state index contributed by atoms with van der Waals surface area (Å²) in [7, 11) is 0. The van der Waals surface area contributed by atoms with Gasteiger partial charge in [0.2, 0.25) is 0 Å². The van der Waals surface area contributed by atoms with Gasteiger partial charge in [0, 0.05) is 0 Å². The summed E-state index contributed by atoms with van der Waals surface area (Å²) in [6.07, 6.45) is 0. The fourth-order valence-electron chi connectivity index (χ4n) is 2.10. The summed E-state index contributed by atoms with van der Waals surface area (Å²) in [5.74, 6) is 1.62. The first-order valence-corrected chi connectivity index (χ1v) is 7.44. The molecule has 21 heavy (non-hydrogen) atoms. The topological polar surface area (TPSA) is 18.5 Å². The van der Waals surface area contributed by atoms with Gasteiger partial charge in [0.1, 0.15) is 6.61 Å². The van der Waals surface area contributed by atoms with E-state index >= 15 is 0 Å². The molecule has 0 saturated carbocycles. The van der Waals surface area contributed by atoms with Gasteiger partial charge in [0.15, 0.2) is 11.5 Å². The highest BCUT2D eigenvalue weighted by atomic mass is 16.5. The number of rotatable bonds is 5. The lowest BCUT2D eigenvalue weighted by molar-refractivity contribution is 0.268. The van der Waals surface area contributed by atoms with E-state index in [1.807, 2.05) is 31.2 Å². The predicted octanol–water partition coefficient (Wildman–Crippen LogP) is 4.96. The van der Waals surface area contributed by atoms with E-state index in [9.17, 15) is 0 Å². The minimum absolute atomic E-state index is 0.101. The molecule has 0 aliphatic rings. The third-order valence-corrected chi connectivity index (χ3v) is 3.35. The predicted molar refractivity (Wildman–Crippen MR) is 87.1 cm³/mol. The van der Waals surface area contributed by atoms with E-state index in [2.05, 4.69) is 45.0 Å². The number of ether oxygens (including phenoxy) is 2. The van der Waals surface area contributed by atoms with Crippen LogP contribution in [0.5, 0.6) is 11.5 Å². The Hall–Kier alpha value is -1.96. The summed E-state index contributed by atoms with van der Waals surface area (Å²) in [5.41, 5.74) is 2.50. The highest BCUT2D eigenvalue weighted by molar-refractivity contribution is 5.45. The number of hydrogen-bond donors (Lipinski definition) is 0. The maximum atomic E-state index is 5.92. The van der Waals surface area contributed by atoms with Crippen LogP contribution >= 0.6 is 0 Å². The molecule has 0 bridgehead atoms. The summed E-state index contributed by atoms with van der Waals surface area (Å²) in [4.78, 5) is 0. The Kier molecular flexibility index (Phi) is 4.89. The van der Waals surface area contributed by atoms with E-state index in [0.29, 0.717) is 13.2 Å². The van der Waals surface area contributed by atoms with Crippen LogP contribution in [0.1, 0.15) is 38.8 Å². The number of benzene rings is 2. The normalized spacial score (nSPS) is 11.2. The zero-order valence-electron chi connectivity index (χ0n) is 13.3. The molecule has 0 aliphatic heterocycles. The average molecular weight is 284 g/mol. The van der Waals surface area contributed by atoms with E-state index < -0.39 is 0 Å².